The third kappa shape index (κ3) is 2.30. The molecule has 1 unspecified atom stereocenters. The summed E-state index contributed by atoms with van der Waals surface area (Å²) in [6, 6.07) is 0. The molecule has 0 N–H and O–H groups in total. The highest BCUT2D eigenvalue weighted by atomic mass is 16.5. The van der Waals surface area contributed by atoms with Gasteiger partial charge in [-0.2, -0.15) is 0 Å². The standard InChI is InChI=1S/C9H18O/c1-8-4-3-5-9(6-8)7-10-2/h8-9H,3-7H2,1-2H3/t8?,9-/m0/s1. The Morgan fingerprint density at radius 2 is 2.20 bits per heavy atom. The summed E-state index contributed by atoms with van der Waals surface area (Å²) in [6.45, 7) is 3.33. The number of rotatable bonds is 2. The van der Waals surface area contributed by atoms with Crippen LogP contribution in [0.1, 0.15) is 32.6 Å². The predicted octanol–water partition coefficient (Wildman–Crippen LogP) is 2.46. The molecule has 1 nitrogen and oxygen atoms in total. The summed E-state index contributed by atoms with van der Waals surface area (Å²) < 4.78 is 5.13. The SMILES string of the molecule is COC[C@H]1CCCC(C)C1. The van der Waals surface area contributed by atoms with Crippen LogP contribution < -0.4 is 0 Å². The Morgan fingerprint density at radius 1 is 1.40 bits per heavy atom. The molecule has 60 valence electrons. The fourth-order valence-electron chi connectivity index (χ4n) is 1.95. The van der Waals surface area contributed by atoms with Crippen molar-refractivity contribution < 1.29 is 4.74 Å². The van der Waals surface area contributed by atoms with Gasteiger partial charge in [0.25, 0.3) is 0 Å². The third-order valence-corrected chi connectivity index (χ3v) is 2.45. The largest absolute Gasteiger partial charge is 0.384 e. The van der Waals surface area contributed by atoms with E-state index in [4.69, 9.17) is 4.74 Å². The summed E-state index contributed by atoms with van der Waals surface area (Å²) in [6.07, 6.45) is 5.61. The van der Waals surface area contributed by atoms with E-state index in [9.17, 15) is 0 Å². The Balaban J connectivity index is 2.18. The Kier molecular flexibility index (Phi) is 3.20. The predicted molar refractivity (Wildman–Crippen MR) is 43.0 cm³/mol. The normalized spacial score (nSPS) is 34.2. The molecule has 0 aromatic heterocycles. The van der Waals surface area contributed by atoms with Crippen LogP contribution in [0.15, 0.2) is 0 Å². The van der Waals surface area contributed by atoms with Crippen LogP contribution in [0.3, 0.4) is 0 Å². The van der Waals surface area contributed by atoms with Gasteiger partial charge in [0.15, 0.2) is 0 Å². The van der Waals surface area contributed by atoms with Crippen molar-refractivity contribution in [2.75, 3.05) is 13.7 Å². The van der Waals surface area contributed by atoms with Gasteiger partial charge in [0, 0.05) is 13.7 Å². The highest BCUT2D eigenvalue weighted by molar-refractivity contribution is 4.69. The first-order valence-corrected chi connectivity index (χ1v) is 4.32. The molecule has 0 spiro atoms. The van der Waals surface area contributed by atoms with Crippen LogP contribution in [0.5, 0.6) is 0 Å². The molecular formula is C9H18O. The monoisotopic (exact) mass is 142 g/mol. The van der Waals surface area contributed by atoms with Gasteiger partial charge in [-0.15, -0.1) is 0 Å². The second-order valence-electron chi connectivity index (χ2n) is 3.59. The lowest BCUT2D eigenvalue weighted by Gasteiger charge is -2.25. The van der Waals surface area contributed by atoms with Crippen LogP contribution in [-0.4, -0.2) is 13.7 Å². The maximum Gasteiger partial charge on any atom is 0.0490 e. The summed E-state index contributed by atoms with van der Waals surface area (Å²) in [5, 5.41) is 0. The van der Waals surface area contributed by atoms with Crippen molar-refractivity contribution in [2.24, 2.45) is 11.8 Å². The first-order chi connectivity index (χ1) is 4.83. The van der Waals surface area contributed by atoms with Crippen molar-refractivity contribution in [3.8, 4) is 0 Å². The maximum absolute atomic E-state index is 5.13. The minimum atomic E-state index is 0.855. The van der Waals surface area contributed by atoms with Crippen LogP contribution in [-0.2, 0) is 4.74 Å². The fraction of sp³-hybridized carbons (Fsp3) is 1.00. The van der Waals surface area contributed by atoms with E-state index in [0.717, 1.165) is 18.4 Å². The van der Waals surface area contributed by atoms with Gasteiger partial charge < -0.3 is 4.74 Å². The Bertz CT molecular complexity index is 88.7. The van der Waals surface area contributed by atoms with Gasteiger partial charge in [-0.05, 0) is 24.7 Å². The van der Waals surface area contributed by atoms with E-state index < -0.39 is 0 Å². The summed E-state index contributed by atoms with van der Waals surface area (Å²) in [7, 11) is 1.80. The first-order valence-electron chi connectivity index (χ1n) is 4.32. The summed E-state index contributed by atoms with van der Waals surface area (Å²) >= 11 is 0. The van der Waals surface area contributed by atoms with Gasteiger partial charge in [0.1, 0.15) is 0 Å². The Morgan fingerprint density at radius 3 is 2.80 bits per heavy atom. The van der Waals surface area contributed by atoms with E-state index >= 15 is 0 Å². The van der Waals surface area contributed by atoms with E-state index in [2.05, 4.69) is 6.92 Å². The second kappa shape index (κ2) is 3.97. The van der Waals surface area contributed by atoms with Gasteiger partial charge >= 0.3 is 0 Å². The molecule has 0 aromatic rings. The van der Waals surface area contributed by atoms with Gasteiger partial charge in [0.05, 0.1) is 0 Å². The van der Waals surface area contributed by atoms with E-state index in [1.165, 1.54) is 25.7 Å². The molecule has 2 atom stereocenters. The molecule has 1 aliphatic rings. The molecule has 0 aliphatic heterocycles. The van der Waals surface area contributed by atoms with Crippen molar-refractivity contribution in [2.45, 2.75) is 32.6 Å². The number of methoxy groups -OCH3 is 1. The van der Waals surface area contributed by atoms with Crippen LogP contribution in [0.4, 0.5) is 0 Å². The number of hydrogen-bond donors (Lipinski definition) is 0. The highest BCUT2D eigenvalue weighted by Gasteiger charge is 2.17. The van der Waals surface area contributed by atoms with E-state index in [1.54, 1.807) is 7.11 Å². The molecule has 10 heavy (non-hydrogen) atoms. The summed E-state index contributed by atoms with van der Waals surface area (Å²) in [5.41, 5.74) is 0. The number of hydrogen-bond acceptors (Lipinski definition) is 1. The van der Waals surface area contributed by atoms with E-state index in [0.29, 0.717) is 0 Å². The van der Waals surface area contributed by atoms with Crippen molar-refractivity contribution in [3.05, 3.63) is 0 Å². The van der Waals surface area contributed by atoms with E-state index in [-0.39, 0.29) is 0 Å². The molecule has 1 fully saturated rings. The molecule has 0 aromatic carbocycles. The molecule has 0 bridgehead atoms. The van der Waals surface area contributed by atoms with Crippen molar-refractivity contribution in [3.63, 3.8) is 0 Å². The lowest BCUT2D eigenvalue weighted by molar-refractivity contribution is 0.117. The molecular weight excluding hydrogens is 124 g/mol. The zero-order valence-corrected chi connectivity index (χ0v) is 7.10. The fourth-order valence-corrected chi connectivity index (χ4v) is 1.95. The quantitative estimate of drug-likeness (QED) is 0.575. The highest BCUT2D eigenvalue weighted by Crippen LogP contribution is 2.28. The Labute approximate surface area is 63.8 Å². The smallest absolute Gasteiger partial charge is 0.0490 e. The molecule has 1 saturated carbocycles. The van der Waals surface area contributed by atoms with E-state index in [1.807, 2.05) is 0 Å². The van der Waals surface area contributed by atoms with Crippen molar-refractivity contribution in [1.82, 2.24) is 0 Å². The zero-order chi connectivity index (χ0) is 7.40. The van der Waals surface area contributed by atoms with Gasteiger partial charge in [-0.25, -0.2) is 0 Å². The van der Waals surface area contributed by atoms with Gasteiger partial charge in [-0.3, -0.25) is 0 Å². The zero-order valence-electron chi connectivity index (χ0n) is 7.10. The van der Waals surface area contributed by atoms with Crippen LogP contribution in [0.2, 0.25) is 0 Å². The lowest BCUT2D eigenvalue weighted by atomic mass is 9.83. The average Bonchev–Trinajstić information content (AvgIpc) is 1.88. The minimum Gasteiger partial charge on any atom is -0.384 e. The first kappa shape index (κ1) is 8.06. The molecule has 0 saturated heterocycles. The van der Waals surface area contributed by atoms with Crippen molar-refractivity contribution >= 4 is 0 Å². The molecule has 0 radical (unpaired) electrons. The minimum absolute atomic E-state index is 0.855. The summed E-state index contributed by atoms with van der Waals surface area (Å²) in [4.78, 5) is 0. The third-order valence-electron chi connectivity index (χ3n) is 2.45. The number of ether oxygens (including phenoxy) is 1. The molecule has 1 rings (SSSR count). The molecule has 1 heteroatoms. The van der Waals surface area contributed by atoms with Crippen LogP contribution in [0, 0.1) is 11.8 Å². The topological polar surface area (TPSA) is 9.23 Å². The molecule has 1 aliphatic carbocycles. The second-order valence-corrected chi connectivity index (χ2v) is 3.59. The summed E-state index contributed by atoms with van der Waals surface area (Å²) in [5.74, 6) is 1.79. The Hall–Kier alpha value is -0.0400. The maximum atomic E-state index is 5.13. The average molecular weight is 142 g/mol. The van der Waals surface area contributed by atoms with Crippen molar-refractivity contribution in [1.29, 1.82) is 0 Å². The van der Waals surface area contributed by atoms with Crippen LogP contribution >= 0.6 is 0 Å². The lowest BCUT2D eigenvalue weighted by Crippen LogP contribution is -2.17. The molecule has 0 amide bonds. The van der Waals surface area contributed by atoms with Crippen LogP contribution in [0.25, 0.3) is 0 Å². The van der Waals surface area contributed by atoms with Gasteiger partial charge in [-0.1, -0.05) is 19.8 Å². The van der Waals surface area contributed by atoms with Gasteiger partial charge in [0.2, 0.25) is 0 Å². The molecule has 0 heterocycles.